The third-order valence-electron chi connectivity index (χ3n) is 5.79. The third kappa shape index (κ3) is 6.87. The quantitative estimate of drug-likeness (QED) is 0.616. The molecule has 0 saturated carbocycles. The highest BCUT2D eigenvalue weighted by atomic mass is 35.5. The summed E-state index contributed by atoms with van der Waals surface area (Å²) in [6, 6.07) is 7.97. The Morgan fingerprint density at radius 2 is 1.94 bits per heavy atom. The Kier molecular flexibility index (Phi) is 8.28. The number of nitrogens with one attached hydrogen (secondary N) is 1. The van der Waals surface area contributed by atoms with Gasteiger partial charge in [-0.2, -0.15) is 4.98 Å². The molecule has 2 aliphatic heterocycles. The molecule has 172 valence electrons. The summed E-state index contributed by atoms with van der Waals surface area (Å²) in [4.78, 5) is 21.3. The van der Waals surface area contributed by atoms with Crippen LogP contribution in [0.4, 0.5) is 0 Å². The molecule has 0 aliphatic carbocycles. The fourth-order valence-electron chi connectivity index (χ4n) is 3.88. The van der Waals surface area contributed by atoms with Crippen LogP contribution in [0.1, 0.15) is 30.1 Å². The van der Waals surface area contributed by atoms with Crippen molar-refractivity contribution in [2.24, 2.45) is 0 Å². The molecule has 0 bridgehead atoms. The second-order valence-electron chi connectivity index (χ2n) is 8.16. The Morgan fingerprint density at radius 3 is 2.69 bits per heavy atom. The number of aryl methyl sites for hydroxylation is 1. The number of ether oxygens (including phenoxy) is 1. The first-order valence-corrected chi connectivity index (χ1v) is 11.6. The highest BCUT2D eigenvalue weighted by Crippen LogP contribution is 2.22. The molecular formula is C23H30ClN5O3. The Hall–Kier alpha value is -2.26. The summed E-state index contributed by atoms with van der Waals surface area (Å²) < 4.78 is 10.7. The average molecular weight is 460 g/mol. The lowest BCUT2D eigenvalue weighted by Gasteiger charge is -2.26. The number of hydrogen-bond acceptors (Lipinski definition) is 7. The molecule has 1 saturated heterocycles. The summed E-state index contributed by atoms with van der Waals surface area (Å²) in [6.45, 7) is 7.55. The van der Waals surface area contributed by atoms with Crippen molar-refractivity contribution in [3.63, 3.8) is 0 Å². The Morgan fingerprint density at radius 1 is 1.12 bits per heavy atom. The smallest absolute Gasteiger partial charge is 0.227 e. The van der Waals surface area contributed by atoms with Crippen molar-refractivity contribution in [1.82, 2.24) is 25.3 Å². The van der Waals surface area contributed by atoms with E-state index in [-0.39, 0.29) is 5.91 Å². The van der Waals surface area contributed by atoms with Crippen molar-refractivity contribution in [3.05, 3.63) is 52.6 Å². The topological polar surface area (TPSA) is 83.7 Å². The van der Waals surface area contributed by atoms with Crippen molar-refractivity contribution in [1.29, 1.82) is 0 Å². The average Bonchev–Trinajstić information content (AvgIpc) is 3.30. The molecule has 0 atom stereocenters. The third-order valence-corrected chi connectivity index (χ3v) is 6.04. The van der Waals surface area contributed by atoms with Gasteiger partial charge >= 0.3 is 0 Å². The molecule has 1 amide bonds. The molecule has 3 heterocycles. The van der Waals surface area contributed by atoms with Gasteiger partial charge in [-0.05, 0) is 29.7 Å². The molecule has 8 nitrogen and oxygen atoms in total. The predicted molar refractivity (Wildman–Crippen MR) is 122 cm³/mol. The molecule has 0 radical (unpaired) electrons. The second kappa shape index (κ2) is 11.6. The molecule has 1 aromatic heterocycles. The molecular weight excluding hydrogens is 430 g/mol. The maximum absolute atomic E-state index is 12.1. The minimum atomic E-state index is 0.00716. The van der Waals surface area contributed by atoms with E-state index in [0.717, 1.165) is 69.5 Å². The number of morpholine rings is 1. The summed E-state index contributed by atoms with van der Waals surface area (Å²) in [5.74, 6) is 1.15. The lowest BCUT2D eigenvalue weighted by atomic mass is 10.1. The van der Waals surface area contributed by atoms with Crippen LogP contribution in [-0.4, -0.2) is 78.3 Å². The van der Waals surface area contributed by atoms with E-state index < -0.39 is 0 Å². The lowest BCUT2D eigenvalue weighted by Crippen LogP contribution is -2.41. The normalized spacial score (nSPS) is 17.8. The fourth-order valence-corrected chi connectivity index (χ4v) is 4.01. The SMILES string of the molecule is O=C(CCc1nc(C2=CCN(Cc3ccc(Cl)cc3)CC2)no1)NCCN1CCOCC1. The van der Waals surface area contributed by atoms with E-state index in [1.807, 2.05) is 12.1 Å². The summed E-state index contributed by atoms with van der Waals surface area (Å²) in [5, 5.41) is 7.84. The van der Waals surface area contributed by atoms with Gasteiger partial charge in [-0.15, -0.1) is 0 Å². The molecule has 0 spiro atoms. The zero-order valence-electron chi connectivity index (χ0n) is 18.3. The number of carbonyl (C=O) groups excluding carboxylic acids is 1. The van der Waals surface area contributed by atoms with Gasteiger partial charge in [0.1, 0.15) is 0 Å². The molecule has 4 rings (SSSR count). The van der Waals surface area contributed by atoms with Crippen LogP contribution in [0, 0.1) is 0 Å². The van der Waals surface area contributed by atoms with Gasteiger partial charge in [0.05, 0.1) is 13.2 Å². The standard InChI is InChI=1S/C23H30ClN5O3/c24-20-3-1-18(2-4-20)17-29-10-7-19(8-11-29)23-26-22(32-27-23)6-5-21(30)25-9-12-28-13-15-31-16-14-28/h1-4,7H,5-6,8-17H2,(H,25,30). The van der Waals surface area contributed by atoms with Gasteiger partial charge in [-0.3, -0.25) is 14.6 Å². The van der Waals surface area contributed by atoms with Crippen LogP contribution in [0.5, 0.6) is 0 Å². The minimum Gasteiger partial charge on any atom is -0.379 e. The zero-order valence-corrected chi connectivity index (χ0v) is 19.0. The van der Waals surface area contributed by atoms with Crippen LogP contribution in [0.15, 0.2) is 34.9 Å². The molecule has 1 N–H and O–H groups in total. The first-order chi connectivity index (χ1) is 15.7. The van der Waals surface area contributed by atoms with E-state index in [1.54, 1.807) is 0 Å². The van der Waals surface area contributed by atoms with Gasteiger partial charge in [0.25, 0.3) is 0 Å². The van der Waals surface area contributed by atoms with Crippen molar-refractivity contribution in [2.75, 3.05) is 52.5 Å². The van der Waals surface area contributed by atoms with E-state index in [2.05, 4.69) is 43.5 Å². The lowest BCUT2D eigenvalue weighted by molar-refractivity contribution is -0.121. The van der Waals surface area contributed by atoms with E-state index in [9.17, 15) is 4.79 Å². The maximum atomic E-state index is 12.1. The van der Waals surface area contributed by atoms with Gasteiger partial charge in [-0.1, -0.05) is 35.0 Å². The molecule has 1 fully saturated rings. The number of halogens is 1. The monoisotopic (exact) mass is 459 g/mol. The first-order valence-electron chi connectivity index (χ1n) is 11.2. The summed E-state index contributed by atoms with van der Waals surface area (Å²) in [6.07, 6.45) is 3.83. The maximum Gasteiger partial charge on any atom is 0.227 e. The molecule has 9 heteroatoms. The van der Waals surface area contributed by atoms with Crippen molar-refractivity contribution < 1.29 is 14.1 Å². The van der Waals surface area contributed by atoms with Crippen LogP contribution >= 0.6 is 11.6 Å². The molecule has 1 aromatic carbocycles. The van der Waals surface area contributed by atoms with Crippen molar-refractivity contribution in [3.8, 4) is 0 Å². The minimum absolute atomic E-state index is 0.00716. The van der Waals surface area contributed by atoms with E-state index in [0.29, 0.717) is 31.1 Å². The Balaban J connectivity index is 1.17. The van der Waals surface area contributed by atoms with Crippen LogP contribution in [0.2, 0.25) is 5.02 Å². The predicted octanol–water partition coefficient (Wildman–Crippen LogP) is 2.39. The van der Waals surface area contributed by atoms with E-state index >= 15 is 0 Å². The van der Waals surface area contributed by atoms with Crippen LogP contribution in [-0.2, 0) is 22.5 Å². The van der Waals surface area contributed by atoms with Crippen LogP contribution < -0.4 is 5.32 Å². The van der Waals surface area contributed by atoms with Crippen LogP contribution in [0.3, 0.4) is 0 Å². The number of aromatic nitrogens is 2. The van der Waals surface area contributed by atoms with Crippen molar-refractivity contribution in [2.45, 2.75) is 25.8 Å². The van der Waals surface area contributed by atoms with Gasteiger partial charge in [0, 0.05) is 63.7 Å². The largest absolute Gasteiger partial charge is 0.379 e. The Labute approximate surface area is 193 Å². The van der Waals surface area contributed by atoms with Gasteiger partial charge in [0.15, 0.2) is 5.82 Å². The second-order valence-corrected chi connectivity index (χ2v) is 8.59. The van der Waals surface area contributed by atoms with Gasteiger partial charge in [-0.25, -0.2) is 0 Å². The number of amides is 1. The zero-order chi connectivity index (χ0) is 22.2. The van der Waals surface area contributed by atoms with E-state index in [4.69, 9.17) is 20.9 Å². The number of benzene rings is 1. The molecule has 0 unspecified atom stereocenters. The number of carbonyl (C=O) groups is 1. The Bertz CT molecular complexity index is 909. The summed E-state index contributed by atoms with van der Waals surface area (Å²) in [5.41, 5.74) is 2.35. The van der Waals surface area contributed by atoms with E-state index in [1.165, 1.54) is 5.56 Å². The molecule has 2 aliphatic rings. The molecule has 2 aromatic rings. The summed E-state index contributed by atoms with van der Waals surface area (Å²) in [7, 11) is 0. The van der Waals surface area contributed by atoms with Crippen LogP contribution in [0.25, 0.3) is 5.57 Å². The highest BCUT2D eigenvalue weighted by molar-refractivity contribution is 6.30. The first kappa shape index (κ1) is 22.9. The summed E-state index contributed by atoms with van der Waals surface area (Å²) >= 11 is 5.96. The van der Waals surface area contributed by atoms with Gasteiger partial charge < -0.3 is 14.6 Å². The number of rotatable bonds is 9. The van der Waals surface area contributed by atoms with Gasteiger partial charge in [0.2, 0.25) is 11.8 Å². The highest BCUT2D eigenvalue weighted by Gasteiger charge is 2.18. The van der Waals surface area contributed by atoms with Crippen molar-refractivity contribution >= 4 is 23.1 Å². The number of hydrogen-bond donors (Lipinski definition) is 1. The molecule has 32 heavy (non-hydrogen) atoms. The fraction of sp³-hybridized carbons (Fsp3) is 0.522. The number of nitrogens with zero attached hydrogens (tertiary/aromatic N) is 4.